The zero-order valence-corrected chi connectivity index (χ0v) is 69.0. The summed E-state index contributed by atoms with van der Waals surface area (Å²) in [6.07, 6.45) is 0.836. The molecule has 22 rings (SSSR count). The van der Waals surface area contributed by atoms with Crippen molar-refractivity contribution in [2.24, 2.45) is 0 Å². The van der Waals surface area contributed by atoms with E-state index in [1.807, 2.05) is 11.3 Å². The van der Waals surface area contributed by atoms with Crippen molar-refractivity contribution >= 4 is 190 Å². The number of aromatic nitrogens is 2. The molecule has 4 aromatic heterocycles. The molecule has 7 nitrogen and oxygen atoms in total. The first-order chi connectivity index (χ1) is 56.0. The lowest BCUT2D eigenvalue weighted by molar-refractivity contribution is 0.522. The first kappa shape index (κ1) is 70.2. The van der Waals surface area contributed by atoms with Crippen LogP contribution in [0.25, 0.3) is 75.6 Å². The van der Waals surface area contributed by atoms with Crippen molar-refractivity contribution in [3.8, 4) is 11.4 Å². The van der Waals surface area contributed by atoms with Gasteiger partial charge in [0.15, 0.2) is 5.58 Å². The van der Waals surface area contributed by atoms with Crippen LogP contribution in [0.15, 0.2) is 302 Å². The Morgan fingerprint density at radius 1 is 0.328 bits per heavy atom. The monoisotopic (exact) mass is 1520 g/mol. The predicted octanol–water partition coefficient (Wildman–Crippen LogP) is 25.0. The van der Waals surface area contributed by atoms with E-state index in [0.29, 0.717) is 0 Å². The maximum Gasteiger partial charge on any atom is 0.252 e. The average molecular weight is 1520 g/mol. The van der Waals surface area contributed by atoms with E-state index in [1.54, 1.807) is 0 Å². The van der Waals surface area contributed by atoms with Gasteiger partial charge in [0, 0.05) is 112 Å². The largest absolute Gasteiger partial charge is 0.454 e. The van der Waals surface area contributed by atoms with Crippen molar-refractivity contribution < 1.29 is 4.42 Å². The van der Waals surface area contributed by atoms with Gasteiger partial charge in [-0.15, -0.1) is 11.3 Å². The Morgan fingerprint density at radius 2 is 0.767 bits per heavy atom. The molecule has 562 valence electrons. The van der Waals surface area contributed by atoms with E-state index in [0.717, 1.165) is 73.7 Å². The third-order valence-electron chi connectivity index (χ3n) is 25.7. The molecule has 4 aliphatic heterocycles. The summed E-state index contributed by atoms with van der Waals surface area (Å²) in [6.45, 7) is 30.4. The highest BCUT2D eigenvalue weighted by Gasteiger charge is 2.46. The lowest BCUT2D eigenvalue weighted by Crippen LogP contribution is -2.60. The molecule has 10 heteroatoms. The second kappa shape index (κ2) is 25.3. The molecule has 4 aliphatic rings. The number of anilines is 12. The summed E-state index contributed by atoms with van der Waals surface area (Å²) in [4.78, 5) is 9.95. The minimum absolute atomic E-state index is 0.0167. The predicted molar refractivity (Wildman–Crippen MR) is 497 cm³/mol. The number of nitrogens with zero attached hydrogens (tertiary/aromatic N) is 6. The van der Waals surface area contributed by atoms with Gasteiger partial charge < -0.3 is 33.2 Å². The van der Waals surface area contributed by atoms with Crippen molar-refractivity contribution in [3.63, 3.8) is 0 Å². The van der Waals surface area contributed by atoms with Crippen LogP contribution in [0.1, 0.15) is 115 Å². The van der Waals surface area contributed by atoms with Crippen molar-refractivity contribution in [2.75, 3.05) is 19.6 Å². The maximum absolute atomic E-state index is 7.25. The van der Waals surface area contributed by atoms with E-state index in [4.69, 9.17) is 4.42 Å². The van der Waals surface area contributed by atoms with Crippen LogP contribution in [0, 0.1) is 13.8 Å². The smallest absolute Gasteiger partial charge is 0.252 e. The van der Waals surface area contributed by atoms with E-state index in [-0.39, 0.29) is 35.1 Å². The van der Waals surface area contributed by atoms with Gasteiger partial charge in [-0.2, -0.15) is 0 Å². The fourth-order valence-electron chi connectivity index (χ4n) is 20.1. The van der Waals surface area contributed by atoms with Crippen LogP contribution in [0.3, 0.4) is 0 Å². The molecule has 14 aromatic carbocycles. The molecule has 0 aliphatic carbocycles. The maximum atomic E-state index is 7.25. The van der Waals surface area contributed by atoms with Gasteiger partial charge in [-0.05, 0) is 259 Å². The Kier molecular flexibility index (Phi) is 15.3. The number of aryl methyl sites for hydroxylation is 2. The van der Waals surface area contributed by atoms with Crippen LogP contribution < -0.4 is 52.4 Å². The van der Waals surface area contributed by atoms with E-state index in [2.05, 4.69) is 416 Å². The Hall–Kier alpha value is -12.5. The molecule has 0 N–H and O–H groups in total. The van der Waals surface area contributed by atoms with Gasteiger partial charge in [0.2, 0.25) is 0 Å². The zero-order chi connectivity index (χ0) is 78.9. The topological polar surface area (TPSA) is 36.0 Å². The molecule has 0 saturated carbocycles. The zero-order valence-electron chi connectivity index (χ0n) is 68.2. The Labute approximate surface area is 684 Å². The highest BCUT2D eigenvalue weighted by Crippen LogP contribution is 2.52. The van der Waals surface area contributed by atoms with Gasteiger partial charge in [-0.25, -0.2) is 0 Å². The summed E-state index contributed by atoms with van der Waals surface area (Å²) in [5.74, 6) is 0. The van der Waals surface area contributed by atoms with Gasteiger partial charge in [0.25, 0.3) is 13.4 Å². The molecule has 0 radical (unpaired) electrons. The minimum atomic E-state index is -0.270. The highest BCUT2D eigenvalue weighted by molar-refractivity contribution is 7.27. The molecule has 0 bridgehead atoms. The molecule has 0 spiro atoms. The molecular weight excluding hydrogens is 1430 g/mol. The van der Waals surface area contributed by atoms with Crippen LogP contribution in [0.4, 0.5) is 68.2 Å². The fraction of sp³-hybridized carbons (Fsp3) is 0.170. The summed E-state index contributed by atoms with van der Waals surface area (Å²) in [6, 6.07) is 113. The Balaban J connectivity index is 0.630. The number of benzene rings is 14. The number of hydrogen-bond acceptors (Lipinski definition) is 6. The normalized spacial score (nSPS) is 13.5. The second-order valence-electron chi connectivity index (χ2n) is 36.9. The molecule has 0 atom stereocenters. The lowest BCUT2D eigenvalue weighted by Gasteiger charge is -2.41. The highest BCUT2D eigenvalue weighted by atomic mass is 32.1. The van der Waals surface area contributed by atoms with Crippen molar-refractivity contribution in [1.29, 1.82) is 0 Å². The standard InChI is InChI=1S/C106H90B2N6OS/c1-64-53-89-95-91(55-64)113-97-81(101-99(113)79-49-47-77(61-93(79)115-101)109(71-29-17-14-18-30-71)72-31-19-15-20-32-72)37-25-39-85(97)107(95)84-52-44-70(60-88(84)112(89)76-36-24-28-68(58-76)104(6,7)8)106(12,13)63-66-41-45-74(46-42-66)110(73-33-21-16-22-34-73)78-48-50-80-94(62-78)116-102-82-38-26-40-86-98(82)114(100(80)102)92-56-65(2)54-90-96(92)108(86)83-51-43-69(105(9,10)11)59-87(83)111(90)75-35-23-27-67(57-75)103(3,4)5/h14-62H,63H2,1-13H3. The van der Waals surface area contributed by atoms with Gasteiger partial charge >= 0.3 is 0 Å². The third kappa shape index (κ3) is 10.6. The molecule has 18 aromatic rings. The third-order valence-corrected chi connectivity index (χ3v) is 26.9. The molecule has 0 saturated heterocycles. The van der Waals surface area contributed by atoms with Gasteiger partial charge in [-0.1, -0.05) is 222 Å². The number of hydrogen-bond donors (Lipinski definition) is 0. The summed E-state index contributed by atoms with van der Waals surface area (Å²) in [5.41, 5.74) is 39.6. The number of para-hydroxylation sites is 5. The fourth-order valence-corrected chi connectivity index (χ4v) is 21.3. The van der Waals surface area contributed by atoms with Gasteiger partial charge in [0.05, 0.1) is 21.3 Å². The SMILES string of the molecule is Cc1cc2c3c(c1)-n1c4c(cccc4c4oc5cc(N(c6ccccc6)c6ccccc6)ccc5c41)B3c1ccc(C(C)(C)Cc3ccc(N(c4ccccc4)c4ccc5c(c4)sc4c6cccc7c6n(c54)-c4cc(C)cc5c4B7c4ccc(C(C)(C)C)cc4N5c4cccc(C(C)(C)C)c4)cc3)cc1N2c1cccc(C(C)(C)C)c1. The first-order valence-corrected chi connectivity index (χ1v) is 42.0. The summed E-state index contributed by atoms with van der Waals surface area (Å²) in [7, 11) is 0. The molecule has 0 unspecified atom stereocenters. The van der Waals surface area contributed by atoms with Gasteiger partial charge in [0.1, 0.15) is 11.1 Å². The van der Waals surface area contributed by atoms with Crippen LogP contribution in [-0.2, 0) is 28.1 Å². The number of rotatable bonds is 11. The van der Waals surface area contributed by atoms with Crippen molar-refractivity contribution in [1.82, 2.24) is 9.13 Å². The van der Waals surface area contributed by atoms with E-state index >= 15 is 0 Å². The second-order valence-corrected chi connectivity index (χ2v) is 37.9. The molecule has 0 fully saturated rings. The summed E-state index contributed by atoms with van der Waals surface area (Å²) >= 11 is 1.93. The van der Waals surface area contributed by atoms with Crippen LogP contribution >= 0.6 is 11.3 Å². The minimum Gasteiger partial charge on any atom is -0.454 e. The van der Waals surface area contributed by atoms with E-state index < -0.39 is 0 Å². The quantitative estimate of drug-likeness (QED) is 0.121. The molecule has 116 heavy (non-hydrogen) atoms. The molecule has 8 heterocycles. The van der Waals surface area contributed by atoms with Crippen molar-refractivity contribution in [3.05, 3.63) is 336 Å². The van der Waals surface area contributed by atoms with Crippen LogP contribution in [0.5, 0.6) is 0 Å². The summed E-state index contributed by atoms with van der Waals surface area (Å²) < 4.78 is 15.1. The van der Waals surface area contributed by atoms with Crippen LogP contribution in [0.2, 0.25) is 0 Å². The Morgan fingerprint density at radius 3 is 1.30 bits per heavy atom. The summed E-state index contributed by atoms with van der Waals surface area (Å²) in [5, 5.41) is 4.80. The average Bonchev–Trinajstić information content (AvgIpc) is 1.45. The first-order valence-electron chi connectivity index (χ1n) is 41.2. The van der Waals surface area contributed by atoms with Gasteiger partial charge in [-0.3, -0.25) is 0 Å². The number of furan rings is 1. The molecule has 0 amide bonds. The Bertz CT molecular complexity index is 7110. The van der Waals surface area contributed by atoms with Crippen LogP contribution in [-0.4, -0.2) is 22.6 Å². The molecular formula is C106H90B2N6OS. The van der Waals surface area contributed by atoms with E-state index in [9.17, 15) is 0 Å². The number of thiophene rings is 1. The lowest BCUT2D eigenvalue weighted by atomic mass is 9.33. The van der Waals surface area contributed by atoms with Crippen molar-refractivity contribution in [2.45, 2.75) is 118 Å². The number of fused-ring (bicyclic) bond motifs is 18. The van der Waals surface area contributed by atoms with E-state index in [1.165, 1.54) is 148 Å².